The van der Waals surface area contributed by atoms with Crippen LogP contribution in [0.25, 0.3) is 5.69 Å². The number of para-hydroxylation sites is 1. The average Bonchev–Trinajstić information content (AvgIpc) is 3.33. The second-order valence-electron chi connectivity index (χ2n) is 6.35. The van der Waals surface area contributed by atoms with Crippen LogP contribution in [0.1, 0.15) is 27.5 Å². The van der Waals surface area contributed by atoms with E-state index in [1.807, 2.05) is 54.6 Å². The van der Waals surface area contributed by atoms with Crippen LogP contribution in [0.2, 0.25) is 0 Å². The molecule has 1 atom stereocenters. The number of nitrogens with zero attached hydrogens (tertiary/aromatic N) is 4. The summed E-state index contributed by atoms with van der Waals surface area (Å²) in [7, 11) is 1.62. The smallest absolute Gasteiger partial charge is 0.254 e. The normalized spacial score (nSPS) is 11.6. The Hall–Kier alpha value is -4.00. The van der Waals surface area contributed by atoms with E-state index >= 15 is 0 Å². The first-order valence-electron chi connectivity index (χ1n) is 9.05. The zero-order valence-corrected chi connectivity index (χ0v) is 15.8. The van der Waals surface area contributed by atoms with E-state index in [1.165, 1.54) is 0 Å². The van der Waals surface area contributed by atoms with Crippen LogP contribution in [-0.4, -0.2) is 32.8 Å². The zero-order chi connectivity index (χ0) is 20.1. The summed E-state index contributed by atoms with van der Waals surface area (Å²) in [5.74, 6) is 0.554. The molecule has 0 saturated carbocycles. The summed E-state index contributed by atoms with van der Waals surface area (Å²) < 4.78 is 6.96. The Morgan fingerprint density at radius 1 is 0.931 bits per heavy atom. The summed E-state index contributed by atoms with van der Waals surface area (Å²) in [6, 6.07) is 18.4. The van der Waals surface area contributed by atoms with Crippen LogP contribution in [0, 0.1) is 0 Å². The van der Waals surface area contributed by atoms with Gasteiger partial charge in [-0.3, -0.25) is 14.3 Å². The van der Waals surface area contributed by atoms with Crippen molar-refractivity contribution < 1.29 is 9.53 Å². The minimum Gasteiger partial charge on any atom is -0.497 e. The second kappa shape index (κ2) is 8.35. The van der Waals surface area contributed by atoms with Gasteiger partial charge in [-0.2, -0.15) is 0 Å². The van der Waals surface area contributed by atoms with E-state index in [0.29, 0.717) is 11.3 Å². The van der Waals surface area contributed by atoms with Crippen LogP contribution in [0.3, 0.4) is 0 Å². The molecular formula is C22H19N5O2. The SMILES string of the molecule is COc1ccc([C@@H](NC(=O)c2ccccc2-n2cnnc2)c2ccncc2)cc1. The first-order valence-corrected chi connectivity index (χ1v) is 9.05. The molecule has 29 heavy (non-hydrogen) atoms. The Morgan fingerprint density at radius 2 is 1.59 bits per heavy atom. The molecule has 0 fully saturated rings. The molecule has 0 unspecified atom stereocenters. The number of ether oxygens (including phenoxy) is 1. The molecule has 4 rings (SSSR count). The van der Waals surface area contributed by atoms with E-state index in [0.717, 1.165) is 16.9 Å². The predicted octanol–water partition coefficient (Wildman–Crippen LogP) is 3.19. The van der Waals surface area contributed by atoms with Crippen molar-refractivity contribution in [2.75, 3.05) is 7.11 Å². The maximum Gasteiger partial charge on any atom is 0.254 e. The molecule has 2 aromatic heterocycles. The van der Waals surface area contributed by atoms with Crippen LogP contribution >= 0.6 is 0 Å². The predicted molar refractivity (Wildman–Crippen MR) is 108 cm³/mol. The summed E-state index contributed by atoms with van der Waals surface area (Å²) in [5, 5.41) is 10.8. The van der Waals surface area contributed by atoms with Gasteiger partial charge in [-0.25, -0.2) is 0 Å². The Bertz CT molecular complexity index is 1080. The molecule has 0 bridgehead atoms. The fraction of sp³-hybridized carbons (Fsp3) is 0.0909. The van der Waals surface area contributed by atoms with E-state index in [2.05, 4.69) is 20.5 Å². The van der Waals surface area contributed by atoms with Gasteiger partial charge in [0.25, 0.3) is 5.91 Å². The lowest BCUT2D eigenvalue weighted by atomic mass is 9.98. The van der Waals surface area contributed by atoms with Crippen molar-refractivity contribution in [1.82, 2.24) is 25.1 Å². The lowest BCUT2D eigenvalue weighted by Gasteiger charge is -2.21. The molecule has 2 heterocycles. The summed E-state index contributed by atoms with van der Waals surface area (Å²) in [4.78, 5) is 17.3. The van der Waals surface area contributed by atoms with E-state index in [1.54, 1.807) is 42.8 Å². The van der Waals surface area contributed by atoms with Crippen LogP contribution in [0.4, 0.5) is 0 Å². The summed E-state index contributed by atoms with van der Waals surface area (Å²) >= 11 is 0. The summed E-state index contributed by atoms with van der Waals surface area (Å²) in [5.41, 5.74) is 3.10. The molecule has 0 aliphatic carbocycles. The lowest BCUT2D eigenvalue weighted by molar-refractivity contribution is 0.0943. The number of carbonyl (C=O) groups excluding carboxylic acids is 1. The van der Waals surface area contributed by atoms with E-state index < -0.39 is 0 Å². The Morgan fingerprint density at radius 3 is 2.28 bits per heavy atom. The molecule has 144 valence electrons. The fourth-order valence-electron chi connectivity index (χ4n) is 3.14. The van der Waals surface area contributed by atoms with Crippen LogP contribution in [0.5, 0.6) is 5.75 Å². The first-order chi connectivity index (χ1) is 14.3. The molecule has 0 aliphatic rings. The largest absolute Gasteiger partial charge is 0.497 e. The molecule has 7 nitrogen and oxygen atoms in total. The quantitative estimate of drug-likeness (QED) is 0.551. The third-order valence-corrected chi connectivity index (χ3v) is 4.61. The standard InChI is InChI=1S/C22H19N5O2/c1-29-18-8-6-16(7-9-18)21(17-10-12-23-13-11-17)26-22(28)19-4-2-3-5-20(19)27-14-24-25-15-27/h2-15,21H,1H3,(H,26,28)/t21-/m1/s1. The molecule has 2 aromatic carbocycles. The van der Waals surface area contributed by atoms with Gasteiger partial charge in [-0.15, -0.1) is 10.2 Å². The molecule has 0 spiro atoms. The topological polar surface area (TPSA) is 81.9 Å². The van der Waals surface area contributed by atoms with Crippen molar-refractivity contribution in [2.45, 2.75) is 6.04 Å². The molecular weight excluding hydrogens is 366 g/mol. The number of pyridine rings is 1. The maximum atomic E-state index is 13.2. The number of nitrogens with one attached hydrogen (secondary N) is 1. The van der Waals surface area contributed by atoms with Crippen LogP contribution < -0.4 is 10.1 Å². The highest BCUT2D eigenvalue weighted by atomic mass is 16.5. The van der Waals surface area contributed by atoms with E-state index in [-0.39, 0.29) is 11.9 Å². The number of aromatic nitrogens is 4. The van der Waals surface area contributed by atoms with Crippen molar-refractivity contribution in [3.8, 4) is 11.4 Å². The Labute approximate surface area is 168 Å². The molecule has 0 aliphatic heterocycles. The van der Waals surface area contributed by atoms with Crippen LogP contribution in [0.15, 0.2) is 85.7 Å². The number of hydrogen-bond acceptors (Lipinski definition) is 5. The number of carbonyl (C=O) groups is 1. The fourth-order valence-corrected chi connectivity index (χ4v) is 3.14. The van der Waals surface area contributed by atoms with E-state index in [4.69, 9.17) is 4.74 Å². The minimum absolute atomic E-state index is 0.202. The molecule has 0 saturated heterocycles. The van der Waals surface area contributed by atoms with E-state index in [9.17, 15) is 4.79 Å². The van der Waals surface area contributed by atoms with Crippen LogP contribution in [-0.2, 0) is 0 Å². The van der Waals surface area contributed by atoms with Gasteiger partial charge in [0.15, 0.2) is 0 Å². The van der Waals surface area contributed by atoms with Crippen molar-refractivity contribution >= 4 is 5.91 Å². The second-order valence-corrected chi connectivity index (χ2v) is 6.35. The van der Waals surface area contributed by atoms with Gasteiger partial charge in [-0.05, 0) is 47.5 Å². The number of methoxy groups -OCH3 is 1. The highest BCUT2D eigenvalue weighted by Crippen LogP contribution is 2.25. The number of benzene rings is 2. The molecule has 1 N–H and O–H groups in total. The monoisotopic (exact) mass is 385 g/mol. The third-order valence-electron chi connectivity index (χ3n) is 4.61. The lowest BCUT2D eigenvalue weighted by Crippen LogP contribution is -2.30. The molecule has 4 aromatic rings. The summed E-state index contributed by atoms with van der Waals surface area (Å²) in [6.45, 7) is 0. The Kier molecular flexibility index (Phi) is 5.29. The Balaban J connectivity index is 1.69. The maximum absolute atomic E-state index is 13.2. The minimum atomic E-state index is -0.342. The van der Waals surface area contributed by atoms with Gasteiger partial charge in [0, 0.05) is 12.4 Å². The summed E-state index contributed by atoms with van der Waals surface area (Å²) in [6.07, 6.45) is 6.55. The molecule has 0 radical (unpaired) electrons. The van der Waals surface area contributed by atoms with Crippen molar-refractivity contribution in [3.05, 3.63) is 102 Å². The number of rotatable bonds is 6. The van der Waals surface area contributed by atoms with Crippen molar-refractivity contribution in [1.29, 1.82) is 0 Å². The van der Waals surface area contributed by atoms with Crippen molar-refractivity contribution in [2.24, 2.45) is 0 Å². The average molecular weight is 385 g/mol. The van der Waals surface area contributed by atoms with Gasteiger partial charge >= 0.3 is 0 Å². The van der Waals surface area contributed by atoms with Gasteiger partial charge in [-0.1, -0.05) is 24.3 Å². The van der Waals surface area contributed by atoms with Gasteiger partial charge in [0.05, 0.1) is 24.4 Å². The third kappa shape index (κ3) is 3.98. The first kappa shape index (κ1) is 18.4. The van der Waals surface area contributed by atoms with Gasteiger partial charge in [0.2, 0.25) is 0 Å². The number of hydrogen-bond donors (Lipinski definition) is 1. The highest BCUT2D eigenvalue weighted by Gasteiger charge is 2.20. The highest BCUT2D eigenvalue weighted by molar-refractivity contribution is 5.98. The number of amides is 1. The molecule has 7 heteroatoms. The van der Waals surface area contributed by atoms with Gasteiger partial charge < -0.3 is 10.1 Å². The van der Waals surface area contributed by atoms with Gasteiger partial charge in [0.1, 0.15) is 18.4 Å². The zero-order valence-electron chi connectivity index (χ0n) is 15.8. The van der Waals surface area contributed by atoms with Crippen molar-refractivity contribution in [3.63, 3.8) is 0 Å². The molecule has 1 amide bonds.